The van der Waals surface area contributed by atoms with E-state index in [0.29, 0.717) is 12.8 Å². The van der Waals surface area contributed by atoms with Crippen LogP contribution >= 0.6 is 0 Å². The molecule has 0 radical (unpaired) electrons. The molecule has 44 heavy (non-hydrogen) atoms. The fraction of sp³-hybridized carbons (Fsp3) is 0.889. The summed E-state index contributed by atoms with van der Waals surface area (Å²) in [6.07, 6.45) is 25.6. The average molecular weight is 627 g/mol. The molecule has 0 heterocycles. The molecule has 2 atom stereocenters. The third-order valence-corrected chi connectivity index (χ3v) is 8.18. The minimum absolute atomic E-state index is 0.00831. The highest BCUT2D eigenvalue weighted by molar-refractivity contribution is 5.94. The number of aliphatic hydroxyl groups is 2. The van der Waals surface area contributed by atoms with Crippen LogP contribution in [0.25, 0.3) is 0 Å². The highest BCUT2D eigenvalue weighted by Gasteiger charge is 2.35. The Morgan fingerprint density at radius 1 is 0.386 bits per heavy atom. The Balaban J connectivity index is 3.80. The number of unbranched alkanes of at least 4 members (excludes halogenated alkanes) is 24. The number of hydrogen-bond acceptors (Lipinski definition) is 8. The van der Waals surface area contributed by atoms with E-state index in [9.17, 15) is 29.4 Å². The molecule has 0 saturated carbocycles. The first kappa shape index (κ1) is 42.2. The first-order valence-electron chi connectivity index (χ1n) is 18.2. The second-order valence-corrected chi connectivity index (χ2v) is 12.5. The summed E-state index contributed by atoms with van der Waals surface area (Å²) < 4.78 is 9.14. The van der Waals surface area contributed by atoms with Gasteiger partial charge >= 0.3 is 23.9 Å². The van der Waals surface area contributed by atoms with E-state index >= 15 is 0 Å². The molecule has 2 N–H and O–H groups in total. The molecule has 0 fully saturated rings. The lowest BCUT2D eigenvalue weighted by Gasteiger charge is -2.14. The molecule has 0 aliphatic rings. The molecule has 0 aliphatic carbocycles. The Kier molecular flexibility index (Phi) is 29.9. The van der Waals surface area contributed by atoms with Crippen molar-refractivity contribution in [1.29, 1.82) is 0 Å². The van der Waals surface area contributed by atoms with Crippen LogP contribution in [0.15, 0.2) is 0 Å². The molecule has 8 nitrogen and oxygen atoms in total. The first-order valence-corrected chi connectivity index (χ1v) is 18.2. The molecular weight excluding hydrogens is 560 g/mol. The molecule has 0 aromatic rings. The van der Waals surface area contributed by atoms with E-state index < -0.39 is 36.1 Å². The summed E-state index contributed by atoms with van der Waals surface area (Å²) in [5.41, 5.74) is 0. The van der Waals surface area contributed by atoms with Gasteiger partial charge < -0.3 is 19.7 Å². The van der Waals surface area contributed by atoms with Crippen molar-refractivity contribution in [2.24, 2.45) is 0 Å². The smallest absolute Gasteiger partial charge is 0.346 e. The largest absolute Gasteiger partial charge is 0.391 e. The number of ether oxygens (including phenoxy) is 2. The van der Waals surface area contributed by atoms with Crippen molar-refractivity contribution < 1.29 is 38.9 Å². The molecule has 8 heteroatoms. The number of hydrogen-bond donors (Lipinski definition) is 2. The topological polar surface area (TPSA) is 127 Å². The minimum Gasteiger partial charge on any atom is -0.391 e. The summed E-state index contributed by atoms with van der Waals surface area (Å²) in [4.78, 5) is 47.8. The zero-order chi connectivity index (χ0) is 32.7. The third-order valence-electron chi connectivity index (χ3n) is 8.18. The average Bonchev–Trinajstić information content (AvgIpc) is 3.00. The van der Waals surface area contributed by atoms with Gasteiger partial charge in [0.15, 0.2) is 12.2 Å². The van der Waals surface area contributed by atoms with Gasteiger partial charge in [-0.2, -0.15) is 0 Å². The molecule has 0 spiro atoms. The van der Waals surface area contributed by atoms with Crippen molar-refractivity contribution in [1.82, 2.24) is 0 Å². The van der Waals surface area contributed by atoms with Crippen LogP contribution in [-0.4, -0.2) is 46.3 Å². The lowest BCUT2D eigenvalue weighted by molar-refractivity contribution is -0.180. The van der Waals surface area contributed by atoms with Crippen molar-refractivity contribution in [2.45, 2.75) is 206 Å². The van der Waals surface area contributed by atoms with Crippen LogP contribution in [0.5, 0.6) is 0 Å². The normalized spacial score (nSPS) is 12.5. The van der Waals surface area contributed by atoms with E-state index in [1.54, 1.807) is 0 Å². The molecule has 0 aromatic heterocycles. The number of aliphatic hydroxyl groups excluding tert-OH is 2. The number of carbonyl (C=O) groups is 4. The predicted molar refractivity (Wildman–Crippen MR) is 175 cm³/mol. The van der Waals surface area contributed by atoms with E-state index in [1.807, 2.05) is 0 Å². The van der Waals surface area contributed by atoms with Gasteiger partial charge in [-0.05, 0) is 12.8 Å². The molecule has 2 unspecified atom stereocenters. The number of esters is 4. The van der Waals surface area contributed by atoms with E-state index in [-0.39, 0.29) is 12.8 Å². The van der Waals surface area contributed by atoms with E-state index in [1.165, 1.54) is 116 Å². The minimum atomic E-state index is -2.30. The van der Waals surface area contributed by atoms with Gasteiger partial charge in [-0.1, -0.05) is 168 Å². The zero-order valence-electron chi connectivity index (χ0n) is 28.3. The quantitative estimate of drug-likeness (QED) is 0.0444. The fourth-order valence-corrected chi connectivity index (χ4v) is 5.28. The summed E-state index contributed by atoms with van der Waals surface area (Å²) in [7, 11) is 0. The van der Waals surface area contributed by atoms with Gasteiger partial charge in [0.2, 0.25) is 0 Å². The van der Waals surface area contributed by atoms with Crippen LogP contribution in [0, 0.1) is 0 Å². The molecular formula is C36H66O8. The number of carbonyl (C=O) groups excluding carboxylic acids is 4. The van der Waals surface area contributed by atoms with Crippen LogP contribution in [0.2, 0.25) is 0 Å². The van der Waals surface area contributed by atoms with Crippen LogP contribution in [-0.2, 0) is 28.7 Å². The van der Waals surface area contributed by atoms with Gasteiger partial charge in [0.1, 0.15) is 0 Å². The Labute approximate surface area is 268 Å². The first-order chi connectivity index (χ1) is 21.3. The summed E-state index contributed by atoms with van der Waals surface area (Å²) in [5, 5.41) is 19.8. The molecule has 0 bridgehead atoms. The Bertz CT molecular complexity index is 663. The Morgan fingerprint density at radius 3 is 0.818 bits per heavy atom. The molecule has 0 rings (SSSR count). The van der Waals surface area contributed by atoms with Crippen LogP contribution in [0.4, 0.5) is 0 Å². The molecule has 258 valence electrons. The maximum Gasteiger partial charge on any atom is 0.346 e. The molecule has 0 aromatic carbocycles. The Morgan fingerprint density at radius 2 is 0.591 bits per heavy atom. The number of rotatable bonds is 31. The zero-order valence-corrected chi connectivity index (χ0v) is 28.3. The van der Waals surface area contributed by atoms with Crippen LogP contribution < -0.4 is 0 Å². The lowest BCUT2D eigenvalue weighted by atomic mass is 10.0. The van der Waals surface area contributed by atoms with Crippen molar-refractivity contribution in [3.63, 3.8) is 0 Å². The van der Waals surface area contributed by atoms with Gasteiger partial charge in [-0.15, -0.1) is 0 Å². The summed E-state index contributed by atoms with van der Waals surface area (Å²) in [6, 6.07) is 0. The van der Waals surface area contributed by atoms with Crippen LogP contribution in [0.3, 0.4) is 0 Å². The van der Waals surface area contributed by atoms with Crippen molar-refractivity contribution >= 4 is 23.9 Å². The summed E-state index contributed by atoms with van der Waals surface area (Å²) >= 11 is 0. The third kappa shape index (κ3) is 26.6. The van der Waals surface area contributed by atoms with E-state index in [0.717, 1.165) is 38.5 Å². The monoisotopic (exact) mass is 626 g/mol. The van der Waals surface area contributed by atoms with Crippen molar-refractivity contribution in [2.75, 3.05) is 0 Å². The van der Waals surface area contributed by atoms with Gasteiger partial charge in [0.05, 0.1) is 0 Å². The van der Waals surface area contributed by atoms with E-state index in [4.69, 9.17) is 0 Å². The van der Waals surface area contributed by atoms with Crippen molar-refractivity contribution in [3.8, 4) is 0 Å². The molecule has 0 aliphatic heterocycles. The highest BCUT2D eigenvalue weighted by atomic mass is 16.6. The van der Waals surface area contributed by atoms with Gasteiger partial charge in [0, 0.05) is 12.8 Å². The maximum atomic E-state index is 12.0. The maximum absolute atomic E-state index is 12.0. The van der Waals surface area contributed by atoms with Crippen molar-refractivity contribution in [3.05, 3.63) is 0 Å². The Hall–Kier alpha value is -1.80. The fourth-order valence-electron chi connectivity index (χ4n) is 5.28. The van der Waals surface area contributed by atoms with Gasteiger partial charge in [0.25, 0.3) is 0 Å². The lowest BCUT2D eigenvalue weighted by Crippen LogP contribution is -2.42. The van der Waals surface area contributed by atoms with Crippen LogP contribution in [0.1, 0.15) is 194 Å². The summed E-state index contributed by atoms with van der Waals surface area (Å²) in [6.45, 7) is 4.46. The standard InChI is InChI=1S/C36H66O8/c1-3-5-7-9-11-13-15-17-19-21-23-25-27-29-31(37)43-35(41)33(39)34(40)36(42)44-32(38)30-28-26-24-22-20-18-16-14-12-10-8-6-4-2/h33-34,39-40H,3-30H2,1-2H3. The second kappa shape index (κ2) is 31.2. The predicted octanol–water partition coefficient (Wildman–Crippen LogP) is 8.81. The molecule has 0 amide bonds. The molecule has 0 saturated heterocycles. The van der Waals surface area contributed by atoms with Gasteiger partial charge in [-0.3, -0.25) is 9.59 Å². The van der Waals surface area contributed by atoms with Gasteiger partial charge in [-0.25, -0.2) is 9.59 Å². The second-order valence-electron chi connectivity index (χ2n) is 12.5. The highest BCUT2D eigenvalue weighted by Crippen LogP contribution is 2.15. The van der Waals surface area contributed by atoms with E-state index in [2.05, 4.69) is 23.3 Å². The SMILES string of the molecule is CCCCCCCCCCCCCCCC(=O)OC(=O)C(O)C(O)C(=O)OC(=O)CCCCCCCCCCCCCCC. The summed E-state index contributed by atoms with van der Waals surface area (Å²) in [5.74, 6) is -4.51.